The number of nitriles is 1. The highest BCUT2D eigenvalue weighted by molar-refractivity contribution is 5.78. The van der Waals surface area contributed by atoms with Gasteiger partial charge in [-0.3, -0.25) is 9.59 Å². The summed E-state index contributed by atoms with van der Waals surface area (Å²) in [4.78, 5) is 35.6. The number of rotatable bonds is 7. The van der Waals surface area contributed by atoms with Gasteiger partial charge < -0.3 is 20.0 Å². The van der Waals surface area contributed by atoms with Crippen LogP contribution in [0, 0.1) is 18.3 Å². The maximum absolute atomic E-state index is 12.8. The molecule has 1 amide bonds. The third kappa shape index (κ3) is 5.17. The first-order chi connectivity index (χ1) is 18.0. The number of anilines is 2. The van der Waals surface area contributed by atoms with Gasteiger partial charge in [0.15, 0.2) is 0 Å². The number of fused-ring (bicyclic) bond motifs is 1. The summed E-state index contributed by atoms with van der Waals surface area (Å²) in [5, 5.41) is 18.8. The van der Waals surface area contributed by atoms with Gasteiger partial charge in [0.05, 0.1) is 30.0 Å². The van der Waals surface area contributed by atoms with Crippen LogP contribution >= 0.6 is 0 Å². The average Bonchev–Trinajstić information content (AvgIpc) is 3.31. The molecule has 3 aromatic rings. The first kappa shape index (κ1) is 24.5. The molecule has 0 saturated carbocycles. The molecule has 1 saturated heterocycles. The van der Waals surface area contributed by atoms with Gasteiger partial charge in [0.1, 0.15) is 11.9 Å². The zero-order chi connectivity index (χ0) is 25.8. The molecule has 0 spiro atoms. The van der Waals surface area contributed by atoms with E-state index in [1.54, 1.807) is 18.5 Å². The molecule has 10 nitrogen and oxygen atoms in total. The molecular formula is C27H30N8O2. The summed E-state index contributed by atoms with van der Waals surface area (Å²) < 4.78 is 0. The van der Waals surface area contributed by atoms with E-state index in [1.807, 2.05) is 30.0 Å². The van der Waals surface area contributed by atoms with Crippen LogP contribution in [0.1, 0.15) is 34.7 Å². The first-order valence-corrected chi connectivity index (χ1v) is 12.5. The van der Waals surface area contributed by atoms with Gasteiger partial charge >= 0.3 is 0 Å². The van der Waals surface area contributed by atoms with Crippen molar-refractivity contribution in [2.75, 3.05) is 49.1 Å². The number of aromatic amines is 1. The van der Waals surface area contributed by atoms with Gasteiger partial charge in [-0.15, -0.1) is 0 Å². The number of carbonyl (C=O) groups excluding carboxylic acids is 1. The molecule has 2 aromatic heterocycles. The molecule has 0 aliphatic carbocycles. The Morgan fingerprint density at radius 2 is 1.97 bits per heavy atom. The molecule has 37 heavy (non-hydrogen) atoms. The smallest absolute Gasteiger partial charge is 0.269 e. The molecular weight excluding hydrogens is 468 g/mol. The predicted molar refractivity (Wildman–Crippen MR) is 140 cm³/mol. The number of aromatic nitrogens is 3. The molecule has 1 fully saturated rings. The summed E-state index contributed by atoms with van der Waals surface area (Å²) in [6.45, 7) is 6.21. The van der Waals surface area contributed by atoms with E-state index in [1.165, 1.54) is 11.1 Å². The van der Waals surface area contributed by atoms with Crippen molar-refractivity contribution >= 4 is 17.4 Å². The molecule has 10 heteroatoms. The number of hydrogen-bond donors (Lipinski definition) is 2. The summed E-state index contributed by atoms with van der Waals surface area (Å²) in [5.74, 6) is 0.919. The molecule has 2 N–H and O–H groups in total. The molecule has 190 valence electrons. The average molecular weight is 499 g/mol. The van der Waals surface area contributed by atoms with Crippen molar-refractivity contribution in [3.8, 4) is 6.07 Å². The topological polar surface area (TPSA) is 121 Å². The highest BCUT2D eigenvalue weighted by atomic mass is 16.2. The van der Waals surface area contributed by atoms with Crippen molar-refractivity contribution in [2.24, 2.45) is 0 Å². The fourth-order valence-electron chi connectivity index (χ4n) is 5.14. The summed E-state index contributed by atoms with van der Waals surface area (Å²) in [6.07, 6.45) is 4.10. The molecule has 0 unspecified atom stereocenters. The lowest BCUT2D eigenvalue weighted by atomic mass is 10.0. The quantitative estimate of drug-likeness (QED) is 0.473. The number of hydrogen-bond acceptors (Lipinski definition) is 8. The summed E-state index contributed by atoms with van der Waals surface area (Å²) in [7, 11) is 0. The van der Waals surface area contributed by atoms with Crippen molar-refractivity contribution in [3.05, 3.63) is 81.4 Å². The second-order valence-corrected chi connectivity index (χ2v) is 9.40. The highest BCUT2D eigenvalue weighted by Gasteiger charge is 2.31. The van der Waals surface area contributed by atoms with E-state index in [4.69, 9.17) is 5.26 Å². The second kappa shape index (κ2) is 10.8. The number of nitrogens with one attached hydrogen (secondary N) is 2. The lowest BCUT2D eigenvalue weighted by Crippen LogP contribution is -2.51. The summed E-state index contributed by atoms with van der Waals surface area (Å²) in [6, 6.07) is 14.2. The third-order valence-corrected chi connectivity index (χ3v) is 7.22. The van der Waals surface area contributed by atoms with Gasteiger partial charge in [-0.25, -0.2) is 10.1 Å². The largest absolute Gasteiger partial charge is 0.358 e. The number of H-pyrrole nitrogens is 1. The number of benzene rings is 1. The van der Waals surface area contributed by atoms with Gasteiger partial charge in [-0.1, -0.05) is 24.3 Å². The Morgan fingerprint density at radius 3 is 2.73 bits per heavy atom. The van der Waals surface area contributed by atoms with Crippen LogP contribution in [-0.4, -0.2) is 65.3 Å². The van der Waals surface area contributed by atoms with E-state index in [0.717, 1.165) is 24.5 Å². The summed E-state index contributed by atoms with van der Waals surface area (Å²) >= 11 is 0. The van der Waals surface area contributed by atoms with Crippen LogP contribution in [0.25, 0.3) is 0 Å². The normalized spacial score (nSPS) is 17.0. The maximum Gasteiger partial charge on any atom is 0.269 e. The Morgan fingerprint density at radius 1 is 1.16 bits per heavy atom. The molecule has 0 radical (unpaired) electrons. The Balaban J connectivity index is 1.14. The Kier molecular flexibility index (Phi) is 7.14. The fourth-order valence-corrected chi connectivity index (χ4v) is 5.14. The minimum atomic E-state index is -0.175. The Labute approximate surface area is 215 Å². The monoisotopic (exact) mass is 498 g/mol. The van der Waals surface area contributed by atoms with E-state index in [9.17, 15) is 9.59 Å². The highest BCUT2D eigenvalue weighted by Crippen LogP contribution is 2.39. The van der Waals surface area contributed by atoms with Crippen molar-refractivity contribution in [2.45, 2.75) is 25.9 Å². The SMILES string of the molecule is Cc1c(N2Cc3ccccc3[C@@H]2CCNCC(=O)N2CCN(c3ccc(C#N)cn3)CC2)cn[nH]c1=O. The van der Waals surface area contributed by atoms with Gasteiger partial charge in [-0.05, 0) is 43.1 Å². The number of piperazine rings is 1. The molecule has 1 aromatic carbocycles. The van der Waals surface area contributed by atoms with E-state index in [2.05, 4.69) is 48.5 Å². The van der Waals surface area contributed by atoms with E-state index >= 15 is 0 Å². The first-order valence-electron chi connectivity index (χ1n) is 12.5. The number of pyridine rings is 1. The van der Waals surface area contributed by atoms with Crippen LogP contribution in [-0.2, 0) is 11.3 Å². The predicted octanol–water partition coefficient (Wildman–Crippen LogP) is 1.73. The van der Waals surface area contributed by atoms with E-state index in [-0.39, 0.29) is 24.1 Å². The van der Waals surface area contributed by atoms with Gasteiger partial charge in [0.25, 0.3) is 5.56 Å². The Hall–Kier alpha value is -4.23. The minimum absolute atomic E-state index is 0.0887. The van der Waals surface area contributed by atoms with Gasteiger partial charge in [0, 0.05) is 44.5 Å². The van der Waals surface area contributed by atoms with Crippen molar-refractivity contribution in [1.29, 1.82) is 5.26 Å². The van der Waals surface area contributed by atoms with Crippen LogP contribution in [0.4, 0.5) is 11.5 Å². The lowest BCUT2D eigenvalue weighted by Gasteiger charge is -2.35. The van der Waals surface area contributed by atoms with E-state index in [0.29, 0.717) is 43.9 Å². The molecule has 2 aliphatic rings. The molecule has 2 aliphatic heterocycles. The lowest BCUT2D eigenvalue weighted by molar-refractivity contribution is -0.130. The van der Waals surface area contributed by atoms with Gasteiger partial charge in [-0.2, -0.15) is 10.4 Å². The summed E-state index contributed by atoms with van der Waals surface area (Å²) in [5.41, 5.74) is 4.37. The number of amides is 1. The second-order valence-electron chi connectivity index (χ2n) is 9.40. The van der Waals surface area contributed by atoms with E-state index < -0.39 is 0 Å². The van der Waals surface area contributed by atoms with Crippen molar-refractivity contribution in [3.63, 3.8) is 0 Å². The van der Waals surface area contributed by atoms with Crippen molar-refractivity contribution in [1.82, 2.24) is 25.4 Å². The van der Waals surface area contributed by atoms with Crippen LogP contribution in [0.3, 0.4) is 0 Å². The van der Waals surface area contributed by atoms with Crippen LogP contribution in [0.5, 0.6) is 0 Å². The van der Waals surface area contributed by atoms with Crippen molar-refractivity contribution < 1.29 is 4.79 Å². The third-order valence-electron chi connectivity index (χ3n) is 7.22. The molecule has 5 rings (SSSR count). The zero-order valence-electron chi connectivity index (χ0n) is 20.9. The Bertz CT molecular complexity index is 1360. The number of carbonyl (C=O) groups is 1. The van der Waals surface area contributed by atoms with Gasteiger partial charge in [0.2, 0.25) is 5.91 Å². The molecule has 1 atom stereocenters. The zero-order valence-corrected chi connectivity index (χ0v) is 20.9. The fraction of sp³-hybridized carbons (Fsp3) is 0.370. The standard InChI is InChI=1S/C27H30N8O2/c1-19-24(16-31-32-27(19)37)35-18-21-4-2-3-5-22(21)23(35)8-9-29-17-26(36)34-12-10-33(11-13-34)25-7-6-20(14-28)15-30-25/h2-7,15-16,23,29H,8-13,17-18H2,1H3,(H,32,37)/t23-/m0/s1. The molecule has 4 heterocycles. The minimum Gasteiger partial charge on any atom is -0.358 e. The molecule has 0 bridgehead atoms. The van der Waals surface area contributed by atoms with Crippen LogP contribution in [0.2, 0.25) is 0 Å². The van der Waals surface area contributed by atoms with Crippen LogP contribution < -0.4 is 20.7 Å². The maximum atomic E-state index is 12.8. The van der Waals surface area contributed by atoms with Crippen LogP contribution in [0.15, 0.2) is 53.6 Å². The number of nitrogens with zero attached hydrogens (tertiary/aromatic N) is 6.